The van der Waals surface area contributed by atoms with Crippen LogP contribution in [0.3, 0.4) is 0 Å². The van der Waals surface area contributed by atoms with Crippen molar-refractivity contribution in [2.24, 2.45) is 13.0 Å². The van der Waals surface area contributed by atoms with E-state index in [9.17, 15) is 0 Å². The van der Waals surface area contributed by atoms with Crippen molar-refractivity contribution in [1.29, 1.82) is 0 Å². The van der Waals surface area contributed by atoms with Crippen molar-refractivity contribution >= 4 is 15.9 Å². The van der Waals surface area contributed by atoms with Crippen molar-refractivity contribution in [1.82, 2.24) is 15.1 Å². The van der Waals surface area contributed by atoms with Gasteiger partial charge in [0.2, 0.25) is 0 Å². The van der Waals surface area contributed by atoms with E-state index in [0.29, 0.717) is 6.04 Å². The van der Waals surface area contributed by atoms with E-state index < -0.39 is 0 Å². The molecule has 1 aliphatic carbocycles. The van der Waals surface area contributed by atoms with Gasteiger partial charge in [-0.15, -0.1) is 0 Å². The predicted molar refractivity (Wildman–Crippen MR) is 73.9 cm³/mol. The van der Waals surface area contributed by atoms with Crippen molar-refractivity contribution in [3.63, 3.8) is 0 Å². The molecule has 2 rings (SSSR count). The first-order chi connectivity index (χ1) is 8.08. The first-order valence-corrected chi connectivity index (χ1v) is 7.28. The summed E-state index contributed by atoms with van der Waals surface area (Å²) in [6, 6.07) is 0.681. The lowest BCUT2D eigenvalue weighted by Gasteiger charge is -2.27. The molecule has 2 unspecified atom stereocenters. The molecule has 0 amide bonds. The quantitative estimate of drug-likeness (QED) is 0.929. The minimum absolute atomic E-state index is 0.681. The average molecular weight is 300 g/mol. The topological polar surface area (TPSA) is 29.9 Å². The van der Waals surface area contributed by atoms with Crippen LogP contribution in [-0.4, -0.2) is 15.8 Å². The Morgan fingerprint density at radius 3 is 2.82 bits per heavy atom. The fraction of sp³-hybridized carbons (Fsp3) is 0.769. The summed E-state index contributed by atoms with van der Waals surface area (Å²) in [5.41, 5.74) is 2.32. The van der Waals surface area contributed by atoms with E-state index in [4.69, 9.17) is 0 Å². The van der Waals surface area contributed by atoms with Gasteiger partial charge in [-0.2, -0.15) is 5.10 Å². The zero-order chi connectivity index (χ0) is 12.4. The smallest absolute Gasteiger partial charge is 0.0739 e. The van der Waals surface area contributed by atoms with Gasteiger partial charge in [0, 0.05) is 19.6 Å². The number of rotatable bonds is 3. The lowest BCUT2D eigenvalue weighted by atomic mass is 9.87. The Kier molecular flexibility index (Phi) is 4.26. The molecule has 0 bridgehead atoms. The molecule has 1 aliphatic rings. The fourth-order valence-electron chi connectivity index (χ4n) is 2.73. The van der Waals surface area contributed by atoms with Gasteiger partial charge >= 0.3 is 0 Å². The normalized spacial score (nSPS) is 25.2. The summed E-state index contributed by atoms with van der Waals surface area (Å²) < 4.78 is 3.12. The van der Waals surface area contributed by atoms with Crippen LogP contribution in [0.25, 0.3) is 0 Å². The number of hydrogen-bond acceptors (Lipinski definition) is 2. The third kappa shape index (κ3) is 3.10. The second kappa shape index (κ2) is 5.53. The highest BCUT2D eigenvalue weighted by Gasteiger charge is 2.19. The maximum Gasteiger partial charge on any atom is 0.0739 e. The van der Waals surface area contributed by atoms with Crippen LogP contribution in [0.2, 0.25) is 0 Å². The molecular weight excluding hydrogens is 278 g/mol. The van der Waals surface area contributed by atoms with Crippen molar-refractivity contribution in [2.45, 2.75) is 52.1 Å². The summed E-state index contributed by atoms with van der Waals surface area (Å²) in [4.78, 5) is 0. The summed E-state index contributed by atoms with van der Waals surface area (Å²) >= 11 is 3.61. The number of halogens is 1. The monoisotopic (exact) mass is 299 g/mol. The van der Waals surface area contributed by atoms with Crippen molar-refractivity contribution < 1.29 is 0 Å². The largest absolute Gasteiger partial charge is 0.308 e. The van der Waals surface area contributed by atoms with Gasteiger partial charge in [0.25, 0.3) is 0 Å². The Labute approximate surface area is 112 Å². The van der Waals surface area contributed by atoms with Crippen LogP contribution in [0.5, 0.6) is 0 Å². The van der Waals surface area contributed by atoms with Crippen LogP contribution in [0.4, 0.5) is 0 Å². The fourth-order valence-corrected chi connectivity index (χ4v) is 3.21. The van der Waals surface area contributed by atoms with E-state index in [2.05, 4.69) is 33.3 Å². The summed E-state index contributed by atoms with van der Waals surface area (Å²) in [5.74, 6) is 0.873. The summed E-state index contributed by atoms with van der Waals surface area (Å²) in [7, 11) is 2.01. The molecule has 1 fully saturated rings. The third-order valence-electron chi connectivity index (χ3n) is 3.76. The van der Waals surface area contributed by atoms with Crippen LogP contribution in [0.1, 0.15) is 44.0 Å². The second-order valence-electron chi connectivity index (χ2n) is 5.32. The van der Waals surface area contributed by atoms with Crippen LogP contribution < -0.4 is 5.32 Å². The van der Waals surface area contributed by atoms with E-state index in [1.165, 1.54) is 31.4 Å². The molecule has 1 aromatic heterocycles. The van der Waals surface area contributed by atoms with Crippen molar-refractivity contribution in [2.75, 3.05) is 0 Å². The van der Waals surface area contributed by atoms with Gasteiger partial charge in [-0.3, -0.25) is 4.68 Å². The van der Waals surface area contributed by atoms with Crippen LogP contribution in [0, 0.1) is 12.8 Å². The molecule has 17 heavy (non-hydrogen) atoms. The van der Waals surface area contributed by atoms with E-state index in [0.717, 1.165) is 22.6 Å². The van der Waals surface area contributed by atoms with E-state index in [-0.39, 0.29) is 0 Å². The summed E-state index contributed by atoms with van der Waals surface area (Å²) in [6.45, 7) is 5.31. The maximum absolute atomic E-state index is 4.42. The molecule has 0 aromatic carbocycles. The Balaban J connectivity index is 1.93. The summed E-state index contributed by atoms with van der Waals surface area (Å²) in [6.07, 6.45) is 5.39. The number of hydrogen-bond donors (Lipinski definition) is 1. The highest BCUT2D eigenvalue weighted by Crippen LogP contribution is 2.25. The van der Waals surface area contributed by atoms with Gasteiger partial charge in [0.05, 0.1) is 15.9 Å². The Hall–Kier alpha value is -0.350. The summed E-state index contributed by atoms with van der Waals surface area (Å²) in [5, 5.41) is 8.09. The van der Waals surface area contributed by atoms with E-state index >= 15 is 0 Å². The van der Waals surface area contributed by atoms with Gasteiger partial charge in [0.1, 0.15) is 0 Å². The maximum atomic E-state index is 4.42. The van der Waals surface area contributed by atoms with Crippen molar-refractivity contribution in [3.8, 4) is 0 Å². The standard InChI is InChI=1S/C13H22BrN3/c1-9-5-4-6-11(7-9)15-8-12-13(14)10(2)16-17(12)3/h9,11,15H,4-8H2,1-3H3. The molecule has 1 N–H and O–H groups in total. The van der Waals surface area contributed by atoms with Crippen molar-refractivity contribution in [3.05, 3.63) is 15.9 Å². The number of aryl methyl sites for hydroxylation is 2. The van der Waals surface area contributed by atoms with E-state index in [1.54, 1.807) is 0 Å². The van der Waals surface area contributed by atoms with Crippen LogP contribution in [0.15, 0.2) is 4.47 Å². The van der Waals surface area contributed by atoms with Crippen LogP contribution in [-0.2, 0) is 13.6 Å². The molecule has 96 valence electrons. The molecule has 0 aliphatic heterocycles. The Morgan fingerprint density at radius 1 is 1.47 bits per heavy atom. The SMILES string of the molecule is Cc1nn(C)c(CNC2CCCC(C)C2)c1Br. The molecule has 4 heteroatoms. The average Bonchev–Trinajstić information content (AvgIpc) is 2.51. The minimum Gasteiger partial charge on any atom is -0.308 e. The molecule has 0 saturated heterocycles. The molecule has 0 radical (unpaired) electrons. The molecule has 1 saturated carbocycles. The highest BCUT2D eigenvalue weighted by molar-refractivity contribution is 9.10. The highest BCUT2D eigenvalue weighted by atomic mass is 79.9. The third-order valence-corrected chi connectivity index (χ3v) is 4.79. The zero-order valence-electron chi connectivity index (χ0n) is 11.0. The molecular formula is C13H22BrN3. The molecule has 1 heterocycles. The van der Waals surface area contributed by atoms with Crippen LogP contribution >= 0.6 is 15.9 Å². The van der Waals surface area contributed by atoms with Gasteiger partial charge in [-0.1, -0.05) is 19.8 Å². The number of aromatic nitrogens is 2. The predicted octanol–water partition coefficient (Wildman–Crippen LogP) is 3.16. The molecule has 3 nitrogen and oxygen atoms in total. The Bertz CT molecular complexity index is 386. The number of nitrogens with one attached hydrogen (secondary N) is 1. The Morgan fingerprint density at radius 2 is 2.24 bits per heavy atom. The van der Waals surface area contributed by atoms with Gasteiger partial charge in [0.15, 0.2) is 0 Å². The zero-order valence-corrected chi connectivity index (χ0v) is 12.5. The lowest BCUT2D eigenvalue weighted by molar-refractivity contribution is 0.298. The van der Waals surface area contributed by atoms with Gasteiger partial charge in [-0.05, 0) is 41.6 Å². The van der Waals surface area contributed by atoms with E-state index in [1.807, 2.05) is 18.7 Å². The van der Waals surface area contributed by atoms with Gasteiger partial charge < -0.3 is 5.32 Å². The molecule has 1 aromatic rings. The number of nitrogens with zero attached hydrogens (tertiary/aromatic N) is 2. The lowest BCUT2D eigenvalue weighted by Crippen LogP contribution is -2.33. The molecule has 2 atom stereocenters. The van der Waals surface area contributed by atoms with Gasteiger partial charge in [-0.25, -0.2) is 0 Å². The first kappa shape index (κ1) is 13.1. The second-order valence-corrected chi connectivity index (χ2v) is 6.11. The minimum atomic E-state index is 0.681. The first-order valence-electron chi connectivity index (χ1n) is 6.49. The molecule has 0 spiro atoms.